The Morgan fingerprint density at radius 3 is 3.18 bits per heavy atom. The van der Waals surface area contributed by atoms with Gasteiger partial charge in [-0.05, 0) is 31.4 Å². The van der Waals surface area contributed by atoms with Gasteiger partial charge in [-0.3, -0.25) is 0 Å². The van der Waals surface area contributed by atoms with E-state index >= 15 is 0 Å². The Kier molecular flexibility index (Phi) is 4.53. The zero-order valence-corrected chi connectivity index (χ0v) is 10.5. The van der Waals surface area contributed by atoms with Gasteiger partial charge in [0.2, 0.25) is 0 Å². The second-order valence-electron chi connectivity index (χ2n) is 4.30. The number of aromatic carboxylic acids is 1. The van der Waals surface area contributed by atoms with Crippen molar-refractivity contribution in [1.82, 2.24) is 5.32 Å². The Balaban J connectivity index is 1.65. The summed E-state index contributed by atoms with van der Waals surface area (Å²) in [6.45, 7) is 3.52. The molecule has 1 aliphatic heterocycles. The van der Waals surface area contributed by atoms with E-state index in [1.165, 1.54) is 17.8 Å². The Labute approximate surface area is 105 Å². The average molecular weight is 255 g/mol. The summed E-state index contributed by atoms with van der Waals surface area (Å²) in [6.07, 6.45) is 2.31. The van der Waals surface area contributed by atoms with E-state index in [-0.39, 0.29) is 0 Å². The lowest BCUT2D eigenvalue weighted by molar-refractivity contribution is 0.0697. The molecule has 4 nitrogen and oxygen atoms in total. The third-order valence-electron chi connectivity index (χ3n) is 2.95. The molecule has 2 rings (SSSR count). The summed E-state index contributed by atoms with van der Waals surface area (Å²) < 4.78 is 5.31. The Morgan fingerprint density at radius 2 is 2.53 bits per heavy atom. The van der Waals surface area contributed by atoms with Gasteiger partial charge in [-0.2, -0.15) is 0 Å². The molecular formula is C12H17NO3S. The van der Waals surface area contributed by atoms with E-state index in [9.17, 15) is 4.79 Å². The van der Waals surface area contributed by atoms with Crippen LogP contribution in [-0.4, -0.2) is 30.8 Å². The minimum Gasteiger partial charge on any atom is -0.478 e. The molecule has 0 saturated carbocycles. The first-order valence-electron chi connectivity index (χ1n) is 5.85. The molecule has 0 aliphatic carbocycles. The highest BCUT2D eigenvalue weighted by Gasteiger charge is 2.14. The number of rotatable bonds is 6. The first kappa shape index (κ1) is 12.5. The molecular weight excluding hydrogens is 238 g/mol. The fourth-order valence-corrected chi connectivity index (χ4v) is 2.74. The van der Waals surface area contributed by atoms with Crippen LogP contribution in [0.5, 0.6) is 0 Å². The number of nitrogens with one attached hydrogen (secondary N) is 1. The molecule has 0 aromatic carbocycles. The van der Waals surface area contributed by atoms with Crippen LogP contribution in [-0.2, 0) is 11.3 Å². The summed E-state index contributed by atoms with van der Waals surface area (Å²) in [5.41, 5.74) is 0.385. The van der Waals surface area contributed by atoms with Gasteiger partial charge in [0, 0.05) is 30.0 Å². The third-order valence-corrected chi connectivity index (χ3v) is 3.89. The maximum Gasteiger partial charge on any atom is 0.336 e. The van der Waals surface area contributed by atoms with Crippen molar-refractivity contribution >= 4 is 17.3 Å². The van der Waals surface area contributed by atoms with Crippen molar-refractivity contribution in [2.75, 3.05) is 19.8 Å². The number of hydrogen-bond donors (Lipinski definition) is 2. The summed E-state index contributed by atoms with van der Waals surface area (Å²) in [6, 6.07) is 1.73. The third kappa shape index (κ3) is 3.80. The van der Waals surface area contributed by atoms with E-state index in [1.807, 2.05) is 0 Å². The van der Waals surface area contributed by atoms with Gasteiger partial charge in [-0.25, -0.2) is 4.79 Å². The molecule has 2 heterocycles. The monoisotopic (exact) mass is 255 g/mol. The van der Waals surface area contributed by atoms with Gasteiger partial charge in [0.1, 0.15) is 0 Å². The van der Waals surface area contributed by atoms with Crippen molar-refractivity contribution in [1.29, 1.82) is 0 Å². The molecule has 17 heavy (non-hydrogen) atoms. The largest absolute Gasteiger partial charge is 0.478 e. The smallest absolute Gasteiger partial charge is 0.336 e. The van der Waals surface area contributed by atoms with E-state index < -0.39 is 5.97 Å². The first-order chi connectivity index (χ1) is 8.25. The van der Waals surface area contributed by atoms with Gasteiger partial charge in [0.05, 0.1) is 5.56 Å². The highest BCUT2D eigenvalue weighted by Crippen LogP contribution is 2.16. The Bertz CT molecular complexity index is 372. The van der Waals surface area contributed by atoms with Crippen LogP contribution >= 0.6 is 11.3 Å². The zero-order chi connectivity index (χ0) is 12.1. The molecule has 1 aliphatic rings. The predicted molar refractivity (Wildman–Crippen MR) is 66.5 cm³/mol. The molecule has 0 bridgehead atoms. The van der Waals surface area contributed by atoms with Gasteiger partial charge in [-0.15, -0.1) is 11.3 Å². The van der Waals surface area contributed by atoms with Crippen LogP contribution in [0.1, 0.15) is 28.1 Å². The SMILES string of the molecule is O=C(O)c1csc(CNCCC2CCOC2)c1. The van der Waals surface area contributed by atoms with Crippen LogP contribution in [0, 0.1) is 5.92 Å². The number of thiophene rings is 1. The normalized spacial score (nSPS) is 19.6. The summed E-state index contributed by atoms with van der Waals surface area (Å²) in [7, 11) is 0. The molecule has 1 saturated heterocycles. The van der Waals surface area contributed by atoms with Crippen molar-refractivity contribution in [3.05, 3.63) is 21.9 Å². The van der Waals surface area contributed by atoms with Gasteiger partial charge in [-0.1, -0.05) is 0 Å². The van der Waals surface area contributed by atoms with Gasteiger partial charge in [0.25, 0.3) is 0 Å². The Morgan fingerprint density at radius 1 is 1.65 bits per heavy atom. The van der Waals surface area contributed by atoms with E-state index in [4.69, 9.17) is 9.84 Å². The maximum absolute atomic E-state index is 10.7. The van der Waals surface area contributed by atoms with E-state index in [1.54, 1.807) is 11.4 Å². The van der Waals surface area contributed by atoms with Gasteiger partial charge >= 0.3 is 5.97 Å². The van der Waals surface area contributed by atoms with Gasteiger partial charge in [0.15, 0.2) is 0 Å². The highest BCUT2D eigenvalue weighted by molar-refractivity contribution is 7.10. The summed E-state index contributed by atoms with van der Waals surface area (Å²) >= 11 is 1.49. The molecule has 2 N–H and O–H groups in total. The lowest BCUT2D eigenvalue weighted by atomic mass is 10.1. The second-order valence-corrected chi connectivity index (χ2v) is 5.30. The topological polar surface area (TPSA) is 58.6 Å². The number of carboxylic acids is 1. The van der Waals surface area contributed by atoms with Crippen LogP contribution < -0.4 is 5.32 Å². The van der Waals surface area contributed by atoms with Crippen molar-refractivity contribution < 1.29 is 14.6 Å². The number of carboxylic acid groups (broad SMARTS) is 1. The molecule has 0 amide bonds. The number of carbonyl (C=O) groups is 1. The highest BCUT2D eigenvalue weighted by atomic mass is 32.1. The van der Waals surface area contributed by atoms with Crippen LogP contribution in [0.25, 0.3) is 0 Å². The predicted octanol–water partition coefficient (Wildman–Crippen LogP) is 1.96. The van der Waals surface area contributed by atoms with Crippen LogP contribution in [0.4, 0.5) is 0 Å². The fourth-order valence-electron chi connectivity index (χ4n) is 1.91. The maximum atomic E-state index is 10.7. The number of hydrogen-bond acceptors (Lipinski definition) is 4. The van der Waals surface area contributed by atoms with Crippen molar-refractivity contribution in [2.24, 2.45) is 5.92 Å². The molecule has 1 aromatic heterocycles. The number of ether oxygens (including phenoxy) is 1. The molecule has 0 radical (unpaired) electrons. The molecule has 5 heteroatoms. The first-order valence-corrected chi connectivity index (χ1v) is 6.73. The second kappa shape index (κ2) is 6.14. The van der Waals surface area contributed by atoms with Crippen LogP contribution in [0.3, 0.4) is 0 Å². The summed E-state index contributed by atoms with van der Waals surface area (Å²) in [4.78, 5) is 11.8. The lowest BCUT2D eigenvalue weighted by Crippen LogP contribution is -2.17. The summed E-state index contributed by atoms with van der Waals surface area (Å²) in [5.74, 6) is -0.156. The van der Waals surface area contributed by atoms with E-state index in [0.717, 1.165) is 37.6 Å². The van der Waals surface area contributed by atoms with Crippen LogP contribution in [0.15, 0.2) is 11.4 Å². The Hall–Kier alpha value is -0.910. The minimum atomic E-state index is -0.851. The standard InChI is InChI=1S/C12H17NO3S/c14-12(15)10-5-11(17-8-10)6-13-3-1-9-2-4-16-7-9/h5,8-9,13H,1-4,6-7H2,(H,14,15). The fraction of sp³-hybridized carbons (Fsp3) is 0.583. The van der Waals surface area contributed by atoms with Gasteiger partial charge < -0.3 is 15.2 Å². The molecule has 1 aromatic rings. The van der Waals surface area contributed by atoms with E-state index in [0.29, 0.717) is 11.5 Å². The molecule has 0 spiro atoms. The van der Waals surface area contributed by atoms with Crippen LogP contribution in [0.2, 0.25) is 0 Å². The molecule has 1 unspecified atom stereocenters. The molecule has 1 atom stereocenters. The molecule has 94 valence electrons. The lowest BCUT2D eigenvalue weighted by Gasteiger charge is -2.07. The van der Waals surface area contributed by atoms with E-state index in [2.05, 4.69) is 5.32 Å². The quantitative estimate of drug-likeness (QED) is 0.763. The van der Waals surface area contributed by atoms with Crippen molar-refractivity contribution in [3.63, 3.8) is 0 Å². The zero-order valence-electron chi connectivity index (χ0n) is 9.65. The van der Waals surface area contributed by atoms with Crippen molar-refractivity contribution in [3.8, 4) is 0 Å². The van der Waals surface area contributed by atoms with Crippen molar-refractivity contribution in [2.45, 2.75) is 19.4 Å². The minimum absolute atomic E-state index is 0.385. The average Bonchev–Trinajstić information content (AvgIpc) is 2.96. The summed E-state index contributed by atoms with van der Waals surface area (Å²) in [5, 5.41) is 13.8. The molecule has 1 fully saturated rings.